The van der Waals surface area contributed by atoms with Crippen molar-refractivity contribution in [1.82, 2.24) is 10.6 Å². The van der Waals surface area contributed by atoms with E-state index in [1.54, 1.807) is 6.08 Å². The number of rotatable bonds is 61. The molecule has 99 heavy (non-hydrogen) atoms. The van der Waals surface area contributed by atoms with E-state index in [4.69, 9.17) is 28.4 Å². The van der Waals surface area contributed by atoms with Crippen LogP contribution in [-0.2, 0) is 42.8 Å². The van der Waals surface area contributed by atoms with Crippen LogP contribution in [0.25, 0.3) is 0 Å². The molecule has 3 aliphatic heterocycles. The van der Waals surface area contributed by atoms with Gasteiger partial charge in [0.2, 0.25) is 11.8 Å². The molecule has 18 unspecified atom stereocenters. The Balaban J connectivity index is 1.53. The van der Waals surface area contributed by atoms with Gasteiger partial charge in [0.15, 0.2) is 12.6 Å². The zero-order valence-corrected chi connectivity index (χ0v) is 61.1. The van der Waals surface area contributed by atoms with Crippen molar-refractivity contribution in [1.29, 1.82) is 0 Å². The Morgan fingerprint density at radius 2 is 0.949 bits per heavy atom. The molecule has 3 heterocycles. The fourth-order valence-electron chi connectivity index (χ4n) is 13.6. The van der Waals surface area contributed by atoms with E-state index in [1.165, 1.54) is 205 Å². The van der Waals surface area contributed by atoms with Gasteiger partial charge < -0.3 is 100 Å². The van der Waals surface area contributed by atoms with Gasteiger partial charge in [-0.05, 0) is 44.9 Å². The number of carbonyl (C=O) groups excluding carboxylic acids is 2. The molecular weight excluding hydrogens is 1280 g/mol. The van der Waals surface area contributed by atoms with E-state index in [2.05, 4.69) is 36.6 Å². The minimum Gasteiger partial charge on any atom is -0.477 e. The van der Waals surface area contributed by atoms with Crippen molar-refractivity contribution in [2.24, 2.45) is 0 Å². The molecule has 23 nitrogen and oxygen atoms in total. The lowest BCUT2D eigenvalue weighted by molar-refractivity contribution is -0.386. The van der Waals surface area contributed by atoms with Crippen LogP contribution in [0.1, 0.15) is 303 Å². The van der Waals surface area contributed by atoms with E-state index in [0.717, 1.165) is 58.3 Å². The van der Waals surface area contributed by atoms with E-state index in [1.807, 2.05) is 6.08 Å². The number of amides is 2. The lowest BCUT2D eigenvalue weighted by Gasteiger charge is -2.50. The van der Waals surface area contributed by atoms with E-state index >= 15 is 0 Å². The van der Waals surface area contributed by atoms with Crippen LogP contribution in [0.5, 0.6) is 0 Å². The summed E-state index contributed by atoms with van der Waals surface area (Å²) in [5.41, 5.74) is 0. The first-order valence-corrected chi connectivity index (χ1v) is 39.2. The number of carboxylic acid groups (broad SMARTS) is 1. The average Bonchev–Trinajstić information content (AvgIpc) is 0.757. The third-order valence-electron chi connectivity index (χ3n) is 19.9. The first-order chi connectivity index (χ1) is 47.9. The molecule has 0 aromatic carbocycles. The highest BCUT2D eigenvalue weighted by Crippen LogP contribution is 2.39. The average molecular weight is 1420 g/mol. The molecule has 0 aromatic rings. The van der Waals surface area contributed by atoms with Crippen LogP contribution >= 0.6 is 0 Å². The Kier molecular flexibility index (Phi) is 50.8. The summed E-state index contributed by atoms with van der Waals surface area (Å²) in [6, 6.07) is -2.62. The molecule has 2 amide bonds. The molecule has 18 atom stereocenters. The van der Waals surface area contributed by atoms with Crippen molar-refractivity contribution in [2.45, 2.75) is 413 Å². The number of nitrogens with one attached hydrogen (secondary N) is 2. The first kappa shape index (κ1) is 90.4. The maximum atomic E-state index is 13.5. The third-order valence-corrected chi connectivity index (χ3v) is 19.9. The number of ether oxygens (including phenoxy) is 6. The van der Waals surface area contributed by atoms with Crippen LogP contribution in [0, 0.1) is 0 Å². The SMILES string of the molecule is CCCCCCCCCCCCCC/C=C\CCCCCCCCCCCCC(=O)NC(COC1OC(CO)C(OC2OC(CO)C(O)C(OC3(C(=O)O)CC(O)C(NC(C)=O)C(C(O)C(O)CO)O3)C2O)C(O)C1O)C(O)/C=C/CCCCCCCCCCCCCCCCCCC. The van der Waals surface area contributed by atoms with Gasteiger partial charge in [-0.1, -0.05) is 263 Å². The molecule has 0 aromatic heterocycles. The Hall–Kier alpha value is -2.79. The van der Waals surface area contributed by atoms with Gasteiger partial charge in [-0.15, -0.1) is 0 Å². The maximum Gasteiger partial charge on any atom is 0.364 e. The number of hydrogen-bond donors (Lipinski definition) is 14. The molecule has 3 fully saturated rings. The number of allylic oxidation sites excluding steroid dienone is 3. The zero-order valence-electron chi connectivity index (χ0n) is 61.1. The van der Waals surface area contributed by atoms with Crippen molar-refractivity contribution >= 4 is 17.8 Å². The largest absolute Gasteiger partial charge is 0.477 e. The number of unbranched alkanes of at least 4 members (excludes halogenated alkanes) is 39. The zero-order chi connectivity index (χ0) is 72.5. The van der Waals surface area contributed by atoms with Crippen molar-refractivity contribution in [3.8, 4) is 0 Å². The molecule has 0 radical (unpaired) electrons. The van der Waals surface area contributed by atoms with Crippen molar-refractivity contribution in [2.75, 3.05) is 26.4 Å². The fourth-order valence-corrected chi connectivity index (χ4v) is 13.6. The Morgan fingerprint density at radius 1 is 0.525 bits per heavy atom. The van der Waals surface area contributed by atoms with Crippen LogP contribution in [-0.4, -0.2) is 215 Å². The molecule has 3 saturated heterocycles. The second kappa shape index (κ2) is 55.7. The first-order valence-electron chi connectivity index (χ1n) is 39.2. The molecule has 3 aliphatic rings. The second-order valence-corrected chi connectivity index (χ2v) is 28.6. The van der Waals surface area contributed by atoms with Gasteiger partial charge in [-0.25, -0.2) is 4.79 Å². The molecule has 23 heteroatoms. The number of carbonyl (C=O) groups is 3. The van der Waals surface area contributed by atoms with Crippen molar-refractivity contribution in [3.63, 3.8) is 0 Å². The minimum absolute atomic E-state index is 0.200. The predicted octanol–water partition coefficient (Wildman–Crippen LogP) is 9.57. The molecular formula is C76H140N2O21. The van der Waals surface area contributed by atoms with E-state index in [-0.39, 0.29) is 12.3 Å². The van der Waals surface area contributed by atoms with E-state index in [9.17, 15) is 75.7 Å². The molecule has 3 rings (SSSR count). The van der Waals surface area contributed by atoms with E-state index in [0.29, 0.717) is 12.8 Å². The predicted molar refractivity (Wildman–Crippen MR) is 380 cm³/mol. The minimum atomic E-state index is -3.08. The summed E-state index contributed by atoms with van der Waals surface area (Å²) in [6.45, 7) is 2.18. The summed E-state index contributed by atoms with van der Waals surface area (Å²) in [7, 11) is 0. The van der Waals surface area contributed by atoms with Gasteiger partial charge in [-0.2, -0.15) is 0 Å². The topological polar surface area (TPSA) is 373 Å². The molecule has 580 valence electrons. The number of aliphatic hydroxyl groups excluding tert-OH is 11. The molecule has 0 saturated carbocycles. The summed E-state index contributed by atoms with van der Waals surface area (Å²) in [6.07, 6.45) is 30.7. The Morgan fingerprint density at radius 3 is 1.37 bits per heavy atom. The monoisotopic (exact) mass is 1420 g/mol. The van der Waals surface area contributed by atoms with Crippen LogP contribution in [0.15, 0.2) is 24.3 Å². The quantitative estimate of drug-likeness (QED) is 0.0199. The lowest BCUT2D eigenvalue weighted by atomic mass is 9.88. The number of carboxylic acids is 1. The number of aliphatic hydroxyl groups is 11. The summed E-state index contributed by atoms with van der Waals surface area (Å²) >= 11 is 0. The van der Waals surface area contributed by atoms with Crippen LogP contribution in [0.4, 0.5) is 0 Å². The van der Waals surface area contributed by atoms with Crippen molar-refractivity contribution in [3.05, 3.63) is 24.3 Å². The fraction of sp³-hybridized carbons (Fsp3) is 0.908. The molecule has 0 aliphatic carbocycles. The maximum absolute atomic E-state index is 13.5. The van der Waals surface area contributed by atoms with Gasteiger partial charge in [0.25, 0.3) is 5.79 Å². The molecule has 0 bridgehead atoms. The van der Waals surface area contributed by atoms with Gasteiger partial charge in [0, 0.05) is 19.8 Å². The third kappa shape index (κ3) is 36.7. The smallest absolute Gasteiger partial charge is 0.364 e. The van der Waals surface area contributed by atoms with Crippen LogP contribution < -0.4 is 10.6 Å². The van der Waals surface area contributed by atoms with Gasteiger partial charge in [0.1, 0.15) is 67.1 Å². The summed E-state index contributed by atoms with van der Waals surface area (Å²) < 4.78 is 34.9. The summed E-state index contributed by atoms with van der Waals surface area (Å²) in [4.78, 5) is 38.7. The molecule has 14 N–H and O–H groups in total. The second-order valence-electron chi connectivity index (χ2n) is 28.6. The molecule has 0 spiro atoms. The lowest BCUT2D eigenvalue weighted by Crippen LogP contribution is -2.70. The van der Waals surface area contributed by atoms with Crippen molar-refractivity contribution < 1.29 is 104 Å². The van der Waals surface area contributed by atoms with Gasteiger partial charge in [-0.3, -0.25) is 9.59 Å². The Bertz CT molecular complexity index is 2080. The normalized spacial score (nSPS) is 27.2. The Labute approximate surface area is 594 Å². The number of aliphatic carboxylic acids is 1. The summed E-state index contributed by atoms with van der Waals surface area (Å²) in [5.74, 6) is -6.14. The van der Waals surface area contributed by atoms with E-state index < -0.39 is 155 Å². The van der Waals surface area contributed by atoms with Gasteiger partial charge >= 0.3 is 5.97 Å². The van der Waals surface area contributed by atoms with Crippen LogP contribution in [0.2, 0.25) is 0 Å². The van der Waals surface area contributed by atoms with Crippen LogP contribution in [0.3, 0.4) is 0 Å². The highest BCUT2D eigenvalue weighted by Gasteiger charge is 2.60. The van der Waals surface area contributed by atoms with Gasteiger partial charge in [0.05, 0.1) is 50.7 Å². The highest BCUT2D eigenvalue weighted by atomic mass is 16.8. The number of hydrogen-bond acceptors (Lipinski definition) is 20. The summed E-state index contributed by atoms with van der Waals surface area (Å²) in [5, 5.41) is 136. The standard InChI is InChI=1S/C76H140N2O21/c1-4-6-8-10-12-14-16-18-20-22-24-25-26-27-28-29-30-32-34-36-38-40-42-44-46-48-50-63(86)78-57(58(83)49-47-45-43-41-39-37-35-33-31-23-21-19-17-15-13-11-9-7-5-2)55-94-73-68(90)67(89)70(62(54-81)96-73)97-74-69(91)72(66(88)61(53-80)95-74)99-76(75(92)93)51-59(84)64(77-56(3)82)71(98-76)65(87)60(85)52-79/h27-28,47,49,57-62,64-74,79-81,83-85,87-91H,4-26,29-46,48,50-55H2,1-3H3,(H,77,82)(H,78,86)(H,92,93)/b28-27-,49-47+. The highest BCUT2D eigenvalue weighted by molar-refractivity contribution is 5.77.